The summed E-state index contributed by atoms with van der Waals surface area (Å²) in [6, 6.07) is 7.70. The van der Waals surface area contributed by atoms with Gasteiger partial charge in [-0.15, -0.1) is 0 Å². The van der Waals surface area contributed by atoms with Crippen LogP contribution in [-0.4, -0.2) is 52.2 Å². The summed E-state index contributed by atoms with van der Waals surface area (Å²) in [5.74, 6) is -0.212. The van der Waals surface area contributed by atoms with E-state index in [0.29, 0.717) is 6.54 Å². The minimum absolute atomic E-state index is 0.153. The van der Waals surface area contributed by atoms with Gasteiger partial charge in [0.15, 0.2) is 0 Å². The highest BCUT2D eigenvalue weighted by atomic mass is 79.9. The van der Waals surface area contributed by atoms with Gasteiger partial charge in [0.2, 0.25) is 0 Å². The Morgan fingerprint density at radius 3 is 2.48 bits per heavy atom. The first-order valence-corrected chi connectivity index (χ1v) is 8.34. The van der Waals surface area contributed by atoms with Gasteiger partial charge in [-0.1, -0.05) is 12.1 Å². The van der Waals surface area contributed by atoms with Gasteiger partial charge in [-0.25, -0.2) is 4.79 Å². The van der Waals surface area contributed by atoms with Crippen molar-refractivity contribution in [3.8, 4) is 0 Å². The number of rotatable bonds is 3. The van der Waals surface area contributed by atoms with Crippen LogP contribution < -0.4 is 5.01 Å². The first-order chi connectivity index (χ1) is 10.7. The summed E-state index contributed by atoms with van der Waals surface area (Å²) in [6.45, 7) is 6.52. The van der Waals surface area contributed by atoms with Gasteiger partial charge in [-0.3, -0.25) is 19.7 Å². The van der Waals surface area contributed by atoms with E-state index < -0.39 is 11.6 Å². The maximum Gasteiger partial charge on any atom is 0.408 e. The maximum atomic E-state index is 12.7. The third-order valence-corrected chi connectivity index (χ3v) is 4.45. The Balaban J connectivity index is 2.18. The number of hydrazine groups is 1. The van der Waals surface area contributed by atoms with Crippen LogP contribution in [0.5, 0.6) is 0 Å². The fourth-order valence-electron chi connectivity index (χ4n) is 2.59. The Hall–Kier alpha value is -1.76. The molecular formula is C16H22BrN3O3. The minimum Gasteiger partial charge on any atom is -0.465 e. The maximum absolute atomic E-state index is 12.7. The molecule has 2 amide bonds. The molecule has 23 heavy (non-hydrogen) atoms. The van der Waals surface area contributed by atoms with Gasteiger partial charge in [0, 0.05) is 23.1 Å². The molecule has 0 bridgehead atoms. The van der Waals surface area contributed by atoms with Crippen LogP contribution in [0.25, 0.3) is 0 Å². The number of amides is 2. The van der Waals surface area contributed by atoms with Crippen molar-refractivity contribution in [2.45, 2.75) is 32.7 Å². The van der Waals surface area contributed by atoms with E-state index in [1.807, 2.05) is 29.3 Å². The lowest BCUT2D eigenvalue weighted by Gasteiger charge is -2.36. The third-order valence-electron chi connectivity index (χ3n) is 3.78. The molecular weight excluding hydrogens is 362 g/mol. The first kappa shape index (κ1) is 17.6. The van der Waals surface area contributed by atoms with E-state index in [1.165, 1.54) is 4.90 Å². The van der Waals surface area contributed by atoms with Gasteiger partial charge < -0.3 is 5.11 Å². The van der Waals surface area contributed by atoms with E-state index in [1.54, 1.807) is 25.8 Å². The number of anilines is 1. The second kappa shape index (κ2) is 6.78. The zero-order valence-electron chi connectivity index (χ0n) is 13.6. The fraction of sp³-hybridized carbons (Fsp3) is 0.500. The summed E-state index contributed by atoms with van der Waals surface area (Å²) in [4.78, 5) is 25.3. The van der Waals surface area contributed by atoms with E-state index >= 15 is 0 Å². The molecule has 0 radical (unpaired) electrons. The van der Waals surface area contributed by atoms with E-state index in [-0.39, 0.29) is 12.5 Å². The third kappa shape index (κ3) is 3.96. The van der Waals surface area contributed by atoms with Crippen molar-refractivity contribution in [1.82, 2.24) is 9.91 Å². The predicted octanol–water partition coefficient (Wildman–Crippen LogP) is 3.18. The van der Waals surface area contributed by atoms with Crippen molar-refractivity contribution in [2.24, 2.45) is 0 Å². The van der Waals surface area contributed by atoms with Crippen LogP contribution in [0.15, 0.2) is 28.7 Å². The molecule has 126 valence electrons. The molecule has 0 unspecified atom stereocenters. The van der Waals surface area contributed by atoms with Crippen LogP contribution in [0.3, 0.4) is 0 Å². The van der Waals surface area contributed by atoms with Crippen LogP contribution in [0.1, 0.15) is 27.2 Å². The molecule has 1 aromatic rings. The molecule has 6 nitrogen and oxygen atoms in total. The summed E-state index contributed by atoms with van der Waals surface area (Å²) >= 11 is 3.50. The standard InChI is InChI=1S/C16H22BrN3O3/c1-16(2,3)18(15(22)23)11-14(21)20-10-6-9-19(20)13-8-5-4-7-12(13)17/h4-5,7-8H,6,9-11H2,1-3H3,(H,22,23). The van der Waals surface area contributed by atoms with E-state index in [9.17, 15) is 14.7 Å². The molecule has 1 fully saturated rings. The lowest BCUT2D eigenvalue weighted by Crippen LogP contribution is -2.52. The summed E-state index contributed by atoms with van der Waals surface area (Å²) < 4.78 is 0.908. The molecule has 1 saturated heterocycles. The van der Waals surface area contributed by atoms with Gasteiger partial charge in [-0.2, -0.15) is 0 Å². The minimum atomic E-state index is -1.09. The van der Waals surface area contributed by atoms with Crippen LogP contribution in [-0.2, 0) is 4.79 Å². The Labute approximate surface area is 144 Å². The highest BCUT2D eigenvalue weighted by Crippen LogP contribution is 2.30. The fourth-order valence-corrected chi connectivity index (χ4v) is 3.08. The number of carbonyl (C=O) groups excluding carboxylic acids is 1. The lowest BCUT2D eigenvalue weighted by molar-refractivity contribution is -0.132. The van der Waals surface area contributed by atoms with Crippen LogP contribution in [0.4, 0.5) is 10.5 Å². The Bertz CT molecular complexity index is 600. The summed E-state index contributed by atoms with van der Waals surface area (Å²) in [6.07, 6.45) is -0.229. The molecule has 0 spiro atoms. The summed E-state index contributed by atoms with van der Waals surface area (Å²) in [5.41, 5.74) is 0.287. The topological polar surface area (TPSA) is 64.1 Å². The molecule has 7 heteroatoms. The van der Waals surface area contributed by atoms with Crippen molar-refractivity contribution in [2.75, 3.05) is 24.6 Å². The van der Waals surface area contributed by atoms with Crippen molar-refractivity contribution >= 4 is 33.6 Å². The van der Waals surface area contributed by atoms with Crippen LogP contribution in [0, 0.1) is 0 Å². The summed E-state index contributed by atoms with van der Waals surface area (Å²) in [5, 5.41) is 12.9. The molecule has 1 aromatic carbocycles. The van der Waals surface area contributed by atoms with Gasteiger partial charge >= 0.3 is 6.09 Å². The van der Waals surface area contributed by atoms with Crippen molar-refractivity contribution in [3.05, 3.63) is 28.7 Å². The normalized spacial score (nSPS) is 15.0. The van der Waals surface area contributed by atoms with Crippen molar-refractivity contribution < 1.29 is 14.7 Å². The Kier molecular flexibility index (Phi) is 5.19. The van der Waals surface area contributed by atoms with Gasteiger partial charge in [0.1, 0.15) is 6.54 Å². The largest absolute Gasteiger partial charge is 0.465 e. The number of hydrogen-bond acceptors (Lipinski definition) is 3. The molecule has 1 N–H and O–H groups in total. The molecule has 0 saturated carbocycles. The van der Waals surface area contributed by atoms with E-state index in [4.69, 9.17) is 0 Å². The number of halogens is 1. The average molecular weight is 384 g/mol. The van der Waals surface area contributed by atoms with E-state index in [2.05, 4.69) is 15.9 Å². The number of para-hydroxylation sites is 1. The van der Waals surface area contributed by atoms with E-state index in [0.717, 1.165) is 23.1 Å². The highest BCUT2D eigenvalue weighted by molar-refractivity contribution is 9.10. The van der Waals surface area contributed by atoms with Crippen molar-refractivity contribution in [3.63, 3.8) is 0 Å². The second-order valence-electron chi connectivity index (χ2n) is 6.48. The Morgan fingerprint density at radius 1 is 1.26 bits per heavy atom. The van der Waals surface area contributed by atoms with Gasteiger partial charge in [0.05, 0.1) is 5.69 Å². The smallest absolute Gasteiger partial charge is 0.408 e. The summed E-state index contributed by atoms with van der Waals surface area (Å²) in [7, 11) is 0. The molecule has 1 aliphatic heterocycles. The number of nitrogens with zero attached hydrogens (tertiary/aromatic N) is 3. The first-order valence-electron chi connectivity index (χ1n) is 7.54. The number of carboxylic acid groups (broad SMARTS) is 1. The SMILES string of the molecule is CC(C)(C)N(CC(=O)N1CCCN1c1ccccc1Br)C(=O)O. The Morgan fingerprint density at radius 2 is 1.91 bits per heavy atom. The zero-order chi connectivity index (χ0) is 17.2. The van der Waals surface area contributed by atoms with Gasteiger partial charge in [0.25, 0.3) is 5.91 Å². The zero-order valence-corrected chi connectivity index (χ0v) is 15.2. The predicted molar refractivity (Wildman–Crippen MR) is 92.3 cm³/mol. The highest BCUT2D eigenvalue weighted by Gasteiger charge is 2.33. The quantitative estimate of drug-likeness (QED) is 0.870. The molecule has 1 heterocycles. The molecule has 1 aliphatic rings. The molecule has 0 aliphatic carbocycles. The number of carbonyl (C=O) groups is 2. The van der Waals surface area contributed by atoms with Crippen LogP contribution >= 0.6 is 15.9 Å². The lowest BCUT2D eigenvalue weighted by atomic mass is 10.1. The molecule has 0 atom stereocenters. The second-order valence-corrected chi connectivity index (χ2v) is 7.34. The molecule has 2 rings (SSSR count). The number of benzene rings is 1. The molecule has 0 aromatic heterocycles. The average Bonchev–Trinajstić information content (AvgIpc) is 2.92. The number of hydrogen-bond donors (Lipinski definition) is 1. The van der Waals surface area contributed by atoms with Crippen LogP contribution in [0.2, 0.25) is 0 Å². The monoisotopic (exact) mass is 383 g/mol. The van der Waals surface area contributed by atoms with Crippen molar-refractivity contribution in [1.29, 1.82) is 0 Å². The van der Waals surface area contributed by atoms with Gasteiger partial charge in [-0.05, 0) is 55.3 Å².